The highest BCUT2D eigenvalue weighted by atomic mass is 16.5. The number of aromatic nitrogens is 3. The van der Waals surface area contributed by atoms with Crippen molar-refractivity contribution in [2.45, 2.75) is 76.9 Å². The Morgan fingerprint density at radius 3 is 2.60 bits per heavy atom. The minimum absolute atomic E-state index is 0.110. The van der Waals surface area contributed by atoms with Crippen LogP contribution >= 0.6 is 0 Å². The zero-order valence-corrected chi connectivity index (χ0v) is 23.8. The highest BCUT2D eigenvalue weighted by Crippen LogP contribution is 2.37. The number of rotatable bonds is 9. The summed E-state index contributed by atoms with van der Waals surface area (Å²) < 4.78 is 21.6. The highest BCUT2D eigenvalue weighted by molar-refractivity contribution is 5.80. The number of para-hydroxylation sites is 1. The van der Waals surface area contributed by atoms with E-state index in [2.05, 4.69) is 4.98 Å². The molecule has 1 atom stereocenters. The van der Waals surface area contributed by atoms with E-state index < -0.39 is 11.4 Å². The van der Waals surface area contributed by atoms with Gasteiger partial charge in [0.15, 0.2) is 0 Å². The van der Waals surface area contributed by atoms with Crippen LogP contribution in [0.3, 0.4) is 0 Å². The lowest BCUT2D eigenvalue weighted by Gasteiger charge is -2.29. The van der Waals surface area contributed by atoms with E-state index >= 15 is 0 Å². The second-order valence-electron chi connectivity index (χ2n) is 11.1. The molecule has 1 aromatic carbocycles. The Morgan fingerprint density at radius 1 is 1.23 bits per heavy atom. The van der Waals surface area contributed by atoms with Gasteiger partial charge in [0.25, 0.3) is 5.56 Å². The number of nitrogens with zero attached hydrogens (tertiary/aromatic N) is 3. The quantitative estimate of drug-likeness (QED) is 0.290. The largest absolute Gasteiger partial charge is 0.496 e. The molecule has 212 valence electrons. The fourth-order valence-electron chi connectivity index (χ4n) is 5.94. The molecule has 3 heterocycles. The van der Waals surface area contributed by atoms with Crippen LogP contribution in [0.15, 0.2) is 52.0 Å². The first-order valence-corrected chi connectivity index (χ1v) is 13.8. The molecule has 0 spiro atoms. The topological polar surface area (TPSA) is 108 Å². The minimum Gasteiger partial charge on any atom is -0.496 e. The van der Waals surface area contributed by atoms with Gasteiger partial charge in [-0.15, -0.1) is 0 Å². The summed E-state index contributed by atoms with van der Waals surface area (Å²) in [7, 11) is 3.51. The van der Waals surface area contributed by atoms with E-state index in [1.54, 1.807) is 37.6 Å². The molecule has 5 rings (SSSR count). The van der Waals surface area contributed by atoms with Crippen LogP contribution < -0.4 is 10.3 Å². The lowest BCUT2D eigenvalue weighted by molar-refractivity contribution is -0.142. The van der Waals surface area contributed by atoms with E-state index in [1.165, 1.54) is 12.7 Å². The number of aryl methyl sites for hydroxylation is 2. The normalized spacial score (nSPS) is 15.4. The Balaban J connectivity index is 1.75. The maximum Gasteiger partial charge on any atom is 0.313 e. The number of carboxylic acids is 1. The summed E-state index contributed by atoms with van der Waals surface area (Å²) in [6, 6.07) is 9.57. The number of benzene rings is 1. The molecule has 40 heavy (non-hydrogen) atoms. The first kappa shape index (κ1) is 27.7. The lowest BCUT2D eigenvalue weighted by Crippen LogP contribution is -2.37. The summed E-state index contributed by atoms with van der Waals surface area (Å²) >= 11 is 0. The highest BCUT2D eigenvalue weighted by Gasteiger charge is 2.36. The van der Waals surface area contributed by atoms with Crippen molar-refractivity contribution >= 4 is 11.6 Å². The predicted molar refractivity (Wildman–Crippen MR) is 151 cm³/mol. The van der Waals surface area contributed by atoms with Crippen molar-refractivity contribution < 1.29 is 23.8 Å². The molecule has 1 aliphatic carbocycles. The number of hydrogen-bond donors (Lipinski definition) is 1. The van der Waals surface area contributed by atoms with E-state index in [4.69, 9.17) is 13.9 Å². The molecule has 0 unspecified atom stereocenters. The fourth-order valence-corrected chi connectivity index (χ4v) is 5.94. The number of carboxylic acid groups (broad SMARTS) is 1. The second kappa shape index (κ2) is 11.0. The number of aliphatic carboxylic acids is 1. The van der Waals surface area contributed by atoms with Crippen LogP contribution in [0, 0.1) is 6.92 Å². The van der Waals surface area contributed by atoms with Crippen molar-refractivity contribution in [2.75, 3.05) is 7.11 Å². The predicted octanol–water partition coefficient (Wildman–Crippen LogP) is 5.61. The van der Waals surface area contributed by atoms with Crippen LogP contribution in [-0.4, -0.2) is 38.2 Å². The van der Waals surface area contributed by atoms with Crippen LogP contribution in [-0.2, 0) is 28.4 Å². The number of carbonyl (C=O) groups is 1. The number of oxazole rings is 1. The molecule has 0 saturated heterocycles. The van der Waals surface area contributed by atoms with Crippen LogP contribution in [0.1, 0.15) is 74.4 Å². The molecule has 0 amide bonds. The van der Waals surface area contributed by atoms with Gasteiger partial charge in [-0.25, -0.2) is 4.98 Å². The van der Waals surface area contributed by atoms with Crippen molar-refractivity contribution in [2.24, 2.45) is 7.05 Å². The minimum atomic E-state index is -1.41. The molecular formula is C31H37N3O6. The number of ether oxygens (including phenoxy) is 2. The Labute approximate surface area is 233 Å². The van der Waals surface area contributed by atoms with Crippen LogP contribution in [0.4, 0.5) is 0 Å². The Bertz CT molecular complexity index is 1570. The fraction of sp³-hybridized carbons (Fsp3) is 0.452. The van der Waals surface area contributed by atoms with Gasteiger partial charge < -0.3 is 23.6 Å². The zero-order chi connectivity index (χ0) is 28.6. The summed E-state index contributed by atoms with van der Waals surface area (Å²) in [4.78, 5) is 30.6. The Morgan fingerprint density at radius 2 is 1.95 bits per heavy atom. The van der Waals surface area contributed by atoms with Gasteiger partial charge in [-0.05, 0) is 51.3 Å². The molecule has 4 aromatic rings. The molecular weight excluding hydrogens is 510 g/mol. The second-order valence-corrected chi connectivity index (χ2v) is 11.1. The molecule has 3 aromatic heterocycles. The van der Waals surface area contributed by atoms with E-state index in [-0.39, 0.29) is 23.3 Å². The van der Waals surface area contributed by atoms with E-state index in [9.17, 15) is 14.7 Å². The van der Waals surface area contributed by atoms with Crippen LogP contribution in [0.5, 0.6) is 5.75 Å². The maximum absolute atomic E-state index is 13.9. The zero-order valence-electron chi connectivity index (χ0n) is 23.8. The number of fused-ring (bicyclic) bond motifs is 1. The van der Waals surface area contributed by atoms with Crippen molar-refractivity contribution in [3.8, 4) is 17.3 Å². The average Bonchev–Trinajstić information content (AvgIpc) is 3.56. The van der Waals surface area contributed by atoms with E-state index in [0.717, 1.165) is 42.6 Å². The number of imidazole rings is 1. The smallest absolute Gasteiger partial charge is 0.313 e. The van der Waals surface area contributed by atoms with Gasteiger partial charge in [0.05, 0.1) is 36.6 Å². The summed E-state index contributed by atoms with van der Waals surface area (Å²) in [5, 5.41) is 10.1. The van der Waals surface area contributed by atoms with E-state index in [1.807, 2.05) is 42.8 Å². The molecule has 0 radical (unpaired) electrons. The van der Waals surface area contributed by atoms with Crippen LogP contribution in [0.25, 0.3) is 17.2 Å². The Hall–Kier alpha value is -3.85. The van der Waals surface area contributed by atoms with Crippen LogP contribution in [0.2, 0.25) is 0 Å². The Kier molecular flexibility index (Phi) is 7.59. The molecule has 0 aliphatic heterocycles. The summed E-state index contributed by atoms with van der Waals surface area (Å²) in [6.45, 7) is 4.95. The SMILES string of the molecule is COc1ccccc1[C@H](Cc1cc(C(C)(C)C(=O)O)c(=O)n2c(C)c(-c3ncco3)n(C)c12)OC1CCCCC1. The summed E-state index contributed by atoms with van der Waals surface area (Å²) in [6.07, 6.45) is 8.64. The van der Waals surface area contributed by atoms with Gasteiger partial charge in [0.1, 0.15) is 23.4 Å². The monoisotopic (exact) mass is 547 g/mol. The molecule has 0 bridgehead atoms. The molecule has 1 aliphatic rings. The van der Waals surface area contributed by atoms with Gasteiger partial charge in [-0.3, -0.25) is 14.0 Å². The average molecular weight is 548 g/mol. The molecule has 9 heteroatoms. The maximum atomic E-state index is 13.9. The third-order valence-corrected chi connectivity index (χ3v) is 8.23. The van der Waals surface area contributed by atoms with Gasteiger partial charge >= 0.3 is 5.97 Å². The molecule has 1 fully saturated rings. The molecule has 1 N–H and O–H groups in total. The molecule has 1 saturated carbocycles. The first-order valence-electron chi connectivity index (χ1n) is 13.8. The van der Waals surface area contributed by atoms with Crippen molar-refractivity contribution in [3.05, 3.63) is 75.5 Å². The van der Waals surface area contributed by atoms with E-state index in [0.29, 0.717) is 29.3 Å². The number of pyridine rings is 1. The first-order chi connectivity index (χ1) is 19.1. The molecule has 9 nitrogen and oxygen atoms in total. The van der Waals surface area contributed by atoms with Gasteiger partial charge in [-0.1, -0.05) is 37.5 Å². The standard InChI is InChI=1S/C31H37N3O6/c1-19-26(27-32-15-16-39-27)33(4)28-20(17-23(29(35)34(19)28)31(2,3)30(36)37)18-25(40-21-11-7-6-8-12-21)22-13-9-10-14-24(22)38-5/h9-10,13-17,21,25H,6-8,11-12,18H2,1-5H3,(H,36,37)/t25-/m0/s1. The number of methoxy groups -OCH3 is 1. The van der Waals surface area contributed by atoms with Gasteiger partial charge in [0.2, 0.25) is 5.89 Å². The van der Waals surface area contributed by atoms with Gasteiger partial charge in [-0.2, -0.15) is 0 Å². The van der Waals surface area contributed by atoms with Crippen molar-refractivity contribution in [3.63, 3.8) is 0 Å². The van der Waals surface area contributed by atoms with Gasteiger partial charge in [0, 0.05) is 24.6 Å². The third-order valence-electron chi connectivity index (χ3n) is 8.23. The lowest BCUT2D eigenvalue weighted by atomic mass is 9.84. The third kappa shape index (κ3) is 4.83. The summed E-state index contributed by atoms with van der Waals surface area (Å²) in [5.41, 5.74) is 2.04. The summed E-state index contributed by atoms with van der Waals surface area (Å²) in [5.74, 6) is 0.0341. The number of hydrogen-bond acceptors (Lipinski definition) is 6. The van der Waals surface area contributed by atoms with Crippen molar-refractivity contribution in [1.29, 1.82) is 0 Å². The van der Waals surface area contributed by atoms with Crippen molar-refractivity contribution in [1.82, 2.24) is 14.0 Å².